The Bertz CT molecular complexity index is 454. The molecule has 102 valence electrons. The molecule has 0 spiro atoms. The highest BCUT2D eigenvalue weighted by Crippen LogP contribution is 2.35. The summed E-state index contributed by atoms with van der Waals surface area (Å²) < 4.78 is 5.44. The first kappa shape index (κ1) is 12.5. The molecule has 1 atom stereocenters. The van der Waals surface area contributed by atoms with Gasteiger partial charge in [-0.15, -0.1) is 0 Å². The Morgan fingerprint density at radius 2 is 1.95 bits per heavy atom. The first-order valence-corrected chi connectivity index (χ1v) is 7.15. The van der Waals surface area contributed by atoms with Crippen LogP contribution in [0.2, 0.25) is 0 Å². The van der Waals surface area contributed by atoms with Crippen molar-refractivity contribution in [1.29, 1.82) is 0 Å². The molecule has 0 aliphatic carbocycles. The maximum absolute atomic E-state index is 10.3. The van der Waals surface area contributed by atoms with Crippen LogP contribution in [0, 0.1) is 5.92 Å². The Morgan fingerprint density at radius 1 is 1.26 bits per heavy atom. The standard InChI is InChI=1S/C16H21NO2/c1-2-19-14-5-3-12(4-6-14)11-15-16(18)13-7-9-17(15)10-8-13/h3-6,11,13,16,18H,2,7-10H2,1H3/b15-11+/t16-/m0/s1. The second-order valence-corrected chi connectivity index (χ2v) is 5.34. The summed E-state index contributed by atoms with van der Waals surface area (Å²) >= 11 is 0. The third-order valence-electron chi connectivity index (χ3n) is 4.16. The lowest BCUT2D eigenvalue weighted by Gasteiger charge is -2.45. The van der Waals surface area contributed by atoms with Crippen LogP contribution >= 0.6 is 0 Å². The van der Waals surface area contributed by atoms with E-state index in [0.717, 1.165) is 42.9 Å². The Morgan fingerprint density at radius 3 is 2.53 bits per heavy atom. The monoisotopic (exact) mass is 259 g/mol. The molecule has 3 nitrogen and oxygen atoms in total. The Balaban J connectivity index is 1.80. The summed E-state index contributed by atoms with van der Waals surface area (Å²) in [5.41, 5.74) is 2.22. The first-order valence-electron chi connectivity index (χ1n) is 7.15. The van der Waals surface area contributed by atoms with E-state index in [4.69, 9.17) is 4.74 Å². The minimum Gasteiger partial charge on any atom is -0.494 e. The molecule has 0 radical (unpaired) electrons. The first-order chi connectivity index (χ1) is 9.28. The zero-order valence-corrected chi connectivity index (χ0v) is 11.4. The van der Waals surface area contributed by atoms with Crippen LogP contribution in [-0.4, -0.2) is 35.8 Å². The smallest absolute Gasteiger partial charge is 0.119 e. The second-order valence-electron chi connectivity index (χ2n) is 5.34. The van der Waals surface area contributed by atoms with Crippen LogP contribution in [0.1, 0.15) is 25.3 Å². The highest BCUT2D eigenvalue weighted by atomic mass is 16.5. The molecule has 0 aromatic heterocycles. The third-order valence-corrected chi connectivity index (χ3v) is 4.16. The number of aliphatic hydroxyl groups excluding tert-OH is 1. The number of hydrogen-bond acceptors (Lipinski definition) is 3. The van der Waals surface area contributed by atoms with Crippen molar-refractivity contribution < 1.29 is 9.84 Å². The fraction of sp³-hybridized carbons (Fsp3) is 0.500. The van der Waals surface area contributed by atoms with Gasteiger partial charge in [0.15, 0.2) is 0 Å². The van der Waals surface area contributed by atoms with E-state index in [0.29, 0.717) is 12.5 Å². The van der Waals surface area contributed by atoms with Crippen molar-refractivity contribution in [3.05, 3.63) is 35.5 Å². The highest BCUT2D eigenvalue weighted by Gasteiger charge is 2.36. The van der Waals surface area contributed by atoms with E-state index < -0.39 is 0 Å². The summed E-state index contributed by atoms with van der Waals surface area (Å²) in [6.07, 6.45) is 4.09. The van der Waals surface area contributed by atoms with Crippen molar-refractivity contribution in [3.63, 3.8) is 0 Å². The molecule has 1 aromatic carbocycles. The Labute approximate surface area is 114 Å². The van der Waals surface area contributed by atoms with Crippen molar-refractivity contribution in [1.82, 2.24) is 4.90 Å². The minimum absolute atomic E-state index is 0.283. The van der Waals surface area contributed by atoms with Crippen LogP contribution in [-0.2, 0) is 0 Å². The molecule has 0 saturated carbocycles. The Hall–Kier alpha value is -1.48. The van der Waals surface area contributed by atoms with Crippen LogP contribution in [0.15, 0.2) is 30.0 Å². The van der Waals surface area contributed by atoms with Gasteiger partial charge in [0.2, 0.25) is 0 Å². The minimum atomic E-state index is -0.283. The van der Waals surface area contributed by atoms with Crippen molar-refractivity contribution in [2.75, 3.05) is 19.7 Å². The number of piperidine rings is 3. The molecule has 19 heavy (non-hydrogen) atoms. The molecule has 3 heteroatoms. The summed E-state index contributed by atoms with van der Waals surface area (Å²) in [6.45, 7) is 4.85. The molecule has 3 saturated heterocycles. The number of hydrogen-bond donors (Lipinski definition) is 1. The quantitative estimate of drug-likeness (QED) is 0.905. The van der Waals surface area contributed by atoms with Gasteiger partial charge in [0.25, 0.3) is 0 Å². The maximum atomic E-state index is 10.3. The summed E-state index contributed by atoms with van der Waals surface area (Å²) in [5.74, 6) is 1.36. The van der Waals surface area contributed by atoms with Crippen LogP contribution in [0.25, 0.3) is 6.08 Å². The predicted octanol–water partition coefficient (Wildman–Crippen LogP) is 2.51. The number of rotatable bonds is 3. The largest absolute Gasteiger partial charge is 0.494 e. The van der Waals surface area contributed by atoms with Gasteiger partial charge in [-0.2, -0.15) is 0 Å². The lowest BCUT2D eigenvalue weighted by molar-refractivity contribution is 0.0215. The summed E-state index contributed by atoms with van der Waals surface area (Å²) in [5, 5.41) is 10.3. The Kier molecular flexibility index (Phi) is 3.47. The lowest BCUT2D eigenvalue weighted by Crippen LogP contribution is -2.48. The van der Waals surface area contributed by atoms with Gasteiger partial charge in [0.05, 0.1) is 12.7 Å². The highest BCUT2D eigenvalue weighted by molar-refractivity contribution is 5.55. The van der Waals surface area contributed by atoms with Crippen LogP contribution in [0.3, 0.4) is 0 Å². The average Bonchev–Trinajstić information content (AvgIpc) is 2.45. The molecule has 2 bridgehead atoms. The number of benzene rings is 1. The molecular formula is C16H21NO2. The summed E-state index contributed by atoms with van der Waals surface area (Å²) in [7, 11) is 0. The van der Waals surface area contributed by atoms with Gasteiger partial charge >= 0.3 is 0 Å². The van der Waals surface area contributed by atoms with E-state index in [9.17, 15) is 5.11 Å². The second kappa shape index (κ2) is 5.25. The van der Waals surface area contributed by atoms with Crippen molar-refractivity contribution in [2.24, 2.45) is 5.92 Å². The normalized spacial score (nSPS) is 27.9. The van der Waals surface area contributed by atoms with E-state index in [2.05, 4.69) is 11.0 Å². The van der Waals surface area contributed by atoms with E-state index in [1.165, 1.54) is 0 Å². The van der Waals surface area contributed by atoms with Crippen molar-refractivity contribution >= 4 is 6.08 Å². The number of aliphatic hydroxyl groups is 1. The zero-order valence-electron chi connectivity index (χ0n) is 11.4. The maximum Gasteiger partial charge on any atom is 0.119 e. The van der Waals surface area contributed by atoms with Crippen LogP contribution < -0.4 is 4.74 Å². The molecule has 3 aliphatic heterocycles. The molecule has 3 heterocycles. The van der Waals surface area contributed by atoms with Gasteiger partial charge in [-0.25, -0.2) is 0 Å². The fourth-order valence-corrected chi connectivity index (χ4v) is 3.08. The van der Waals surface area contributed by atoms with Crippen molar-refractivity contribution in [2.45, 2.75) is 25.9 Å². The molecule has 3 aliphatic rings. The van der Waals surface area contributed by atoms with Crippen LogP contribution in [0.5, 0.6) is 5.75 Å². The summed E-state index contributed by atoms with van der Waals surface area (Å²) in [4.78, 5) is 2.32. The van der Waals surface area contributed by atoms with E-state index in [-0.39, 0.29) is 6.10 Å². The molecule has 3 fully saturated rings. The molecule has 0 unspecified atom stereocenters. The fourth-order valence-electron chi connectivity index (χ4n) is 3.08. The molecule has 1 aromatic rings. The molecule has 4 rings (SSSR count). The number of nitrogens with zero attached hydrogens (tertiary/aromatic N) is 1. The SMILES string of the molecule is CCOc1ccc(/C=C2\[C@@H](O)C3CCN2CC3)cc1. The third kappa shape index (κ3) is 2.47. The molecular weight excluding hydrogens is 238 g/mol. The zero-order chi connectivity index (χ0) is 13.2. The van der Waals surface area contributed by atoms with E-state index in [1.807, 2.05) is 31.2 Å². The van der Waals surface area contributed by atoms with Gasteiger partial charge in [-0.3, -0.25) is 0 Å². The number of fused-ring (bicyclic) bond motifs is 3. The van der Waals surface area contributed by atoms with Gasteiger partial charge in [-0.05, 0) is 49.5 Å². The molecule has 1 N–H and O–H groups in total. The van der Waals surface area contributed by atoms with E-state index in [1.54, 1.807) is 0 Å². The average molecular weight is 259 g/mol. The molecule has 0 amide bonds. The van der Waals surface area contributed by atoms with Gasteiger partial charge < -0.3 is 14.7 Å². The van der Waals surface area contributed by atoms with Gasteiger partial charge in [-0.1, -0.05) is 12.1 Å². The van der Waals surface area contributed by atoms with Crippen molar-refractivity contribution in [3.8, 4) is 5.75 Å². The predicted molar refractivity (Wildman–Crippen MR) is 75.9 cm³/mol. The topological polar surface area (TPSA) is 32.7 Å². The summed E-state index contributed by atoms with van der Waals surface area (Å²) in [6, 6.07) is 8.07. The van der Waals surface area contributed by atoms with Gasteiger partial charge in [0, 0.05) is 18.8 Å². The van der Waals surface area contributed by atoms with Gasteiger partial charge in [0.1, 0.15) is 5.75 Å². The lowest BCUT2D eigenvalue weighted by atomic mass is 9.83. The number of ether oxygens (including phenoxy) is 1. The van der Waals surface area contributed by atoms with E-state index >= 15 is 0 Å². The van der Waals surface area contributed by atoms with Crippen LogP contribution in [0.4, 0.5) is 0 Å².